The summed E-state index contributed by atoms with van der Waals surface area (Å²) < 4.78 is 10.8. The van der Waals surface area contributed by atoms with E-state index in [2.05, 4.69) is 0 Å². The third-order valence-electron chi connectivity index (χ3n) is 5.22. The Hall–Kier alpha value is -3.34. The molecule has 0 saturated carbocycles. The molecule has 0 amide bonds. The van der Waals surface area contributed by atoms with Gasteiger partial charge in [0.15, 0.2) is 0 Å². The molecule has 1 aliphatic heterocycles. The fraction of sp³-hybridized carbons (Fsp3) is 0.308. The van der Waals surface area contributed by atoms with Crippen LogP contribution >= 0.6 is 0 Å². The highest BCUT2D eigenvalue weighted by atomic mass is 16.5. The van der Waals surface area contributed by atoms with Crippen LogP contribution in [0.3, 0.4) is 0 Å². The van der Waals surface area contributed by atoms with E-state index in [1.165, 1.54) is 0 Å². The zero-order chi connectivity index (χ0) is 22.5. The molecule has 0 radical (unpaired) electrons. The number of hydrogen-bond donors (Lipinski definition) is 0. The van der Waals surface area contributed by atoms with Gasteiger partial charge >= 0.3 is 11.9 Å². The van der Waals surface area contributed by atoms with E-state index < -0.39 is 17.9 Å². The fourth-order valence-corrected chi connectivity index (χ4v) is 3.77. The first-order valence-electron chi connectivity index (χ1n) is 10.6. The zero-order valence-corrected chi connectivity index (χ0v) is 18.8. The summed E-state index contributed by atoms with van der Waals surface area (Å²) in [4.78, 5) is 27.9. The van der Waals surface area contributed by atoms with E-state index in [1.54, 1.807) is 26.2 Å². The molecule has 5 heteroatoms. The van der Waals surface area contributed by atoms with E-state index >= 15 is 0 Å². The molecule has 0 N–H and O–H groups in total. The number of rotatable bonds is 6. The third-order valence-corrected chi connectivity index (χ3v) is 5.22. The molecule has 5 nitrogen and oxygen atoms in total. The molecule has 162 valence electrons. The van der Waals surface area contributed by atoms with Gasteiger partial charge in [-0.3, -0.25) is 0 Å². The lowest BCUT2D eigenvalue weighted by molar-refractivity contribution is -0.139. The van der Waals surface area contributed by atoms with Gasteiger partial charge in [0.1, 0.15) is 0 Å². The van der Waals surface area contributed by atoms with Crippen LogP contribution in [0.15, 0.2) is 66.0 Å². The summed E-state index contributed by atoms with van der Waals surface area (Å²) in [6.07, 6.45) is 3.55. The number of ether oxygens (including phenoxy) is 2. The van der Waals surface area contributed by atoms with Crippen molar-refractivity contribution in [2.75, 3.05) is 18.1 Å². The summed E-state index contributed by atoms with van der Waals surface area (Å²) in [5.74, 6) is -1.46. The minimum absolute atomic E-state index is 0.249. The predicted molar refractivity (Wildman–Crippen MR) is 122 cm³/mol. The summed E-state index contributed by atoms with van der Waals surface area (Å²) in [5, 5.41) is 0. The van der Waals surface area contributed by atoms with E-state index in [4.69, 9.17) is 9.47 Å². The van der Waals surface area contributed by atoms with Crippen LogP contribution < -0.4 is 4.90 Å². The topological polar surface area (TPSA) is 55.8 Å². The van der Waals surface area contributed by atoms with Gasteiger partial charge in [-0.1, -0.05) is 42.0 Å². The molecule has 0 atom stereocenters. The number of carbonyl (C=O) groups excluding carboxylic acids is 2. The monoisotopic (exact) mass is 419 g/mol. The highest BCUT2D eigenvalue weighted by Gasteiger charge is 2.36. The number of aryl methyl sites for hydroxylation is 3. The van der Waals surface area contributed by atoms with Crippen LogP contribution in [0.25, 0.3) is 0 Å². The van der Waals surface area contributed by atoms with Crippen molar-refractivity contribution < 1.29 is 19.1 Å². The van der Waals surface area contributed by atoms with Crippen molar-refractivity contribution in [2.24, 2.45) is 0 Å². The standard InChI is InChI=1S/C26H29NO4/c1-6-30-25(28)21-15-27(23-14-18(4)11-12-19(23)5)16-22(26(29)31-7-2)24(21)20-10-8-9-17(3)13-20/h8-16,24H,6-7H2,1-5H3. The average molecular weight is 420 g/mol. The second kappa shape index (κ2) is 9.65. The maximum Gasteiger partial charge on any atom is 0.336 e. The molecule has 1 aliphatic rings. The Labute approximate surface area is 184 Å². The van der Waals surface area contributed by atoms with Gasteiger partial charge in [-0.15, -0.1) is 0 Å². The van der Waals surface area contributed by atoms with Gasteiger partial charge < -0.3 is 14.4 Å². The summed E-state index contributed by atoms with van der Waals surface area (Å²) in [6, 6.07) is 13.9. The summed E-state index contributed by atoms with van der Waals surface area (Å²) in [6.45, 7) is 10.0. The maximum atomic E-state index is 13.0. The van der Waals surface area contributed by atoms with Gasteiger partial charge in [0, 0.05) is 18.1 Å². The molecule has 2 aromatic rings. The minimum atomic E-state index is -0.570. The molecule has 31 heavy (non-hydrogen) atoms. The normalized spacial score (nSPS) is 14.0. The van der Waals surface area contributed by atoms with Gasteiger partial charge in [-0.05, 0) is 57.4 Å². The summed E-state index contributed by atoms with van der Waals surface area (Å²) >= 11 is 0. The molecule has 0 aromatic heterocycles. The Balaban J connectivity index is 2.22. The van der Waals surface area contributed by atoms with Crippen molar-refractivity contribution in [2.45, 2.75) is 40.5 Å². The first kappa shape index (κ1) is 22.3. The molecule has 0 saturated heterocycles. The van der Waals surface area contributed by atoms with Crippen LogP contribution in [-0.2, 0) is 19.1 Å². The molecule has 1 heterocycles. The molecule has 2 aromatic carbocycles. The molecule has 0 bridgehead atoms. The molecular weight excluding hydrogens is 390 g/mol. The van der Waals surface area contributed by atoms with E-state index in [9.17, 15) is 9.59 Å². The van der Waals surface area contributed by atoms with Crippen molar-refractivity contribution in [3.8, 4) is 0 Å². The zero-order valence-electron chi connectivity index (χ0n) is 18.8. The van der Waals surface area contributed by atoms with E-state index in [1.807, 2.05) is 68.1 Å². The Bertz CT molecular complexity index is 1020. The van der Waals surface area contributed by atoms with E-state index in [0.29, 0.717) is 11.1 Å². The minimum Gasteiger partial charge on any atom is -0.463 e. The average Bonchev–Trinajstić information content (AvgIpc) is 2.75. The number of anilines is 1. The second-order valence-electron chi connectivity index (χ2n) is 7.65. The van der Waals surface area contributed by atoms with Gasteiger partial charge in [0.05, 0.1) is 30.3 Å². The van der Waals surface area contributed by atoms with Gasteiger partial charge in [-0.2, -0.15) is 0 Å². The quantitative estimate of drug-likeness (QED) is 0.609. The van der Waals surface area contributed by atoms with Crippen LogP contribution in [0.4, 0.5) is 5.69 Å². The smallest absolute Gasteiger partial charge is 0.336 e. The number of carbonyl (C=O) groups is 2. The number of benzene rings is 2. The van der Waals surface area contributed by atoms with E-state index in [-0.39, 0.29) is 13.2 Å². The lowest BCUT2D eigenvalue weighted by atomic mass is 9.82. The van der Waals surface area contributed by atoms with E-state index in [0.717, 1.165) is 27.9 Å². The van der Waals surface area contributed by atoms with Crippen LogP contribution in [0.5, 0.6) is 0 Å². The Kier molecular flexibility index (Phi) is 6.95. The summed E-state index contributed by atoms with van der Waals surface area (Å²) in [7, 11) is 0. The first-order valence-corrected chi connectivity index (χ1v) is 10.6. The highest BCUT2D eigenvalue weighted by molar-refractivity contribution is 6.00. The Morgan fingerprint density at radius 2 is 1.42 bits per heavy atom. The lowest BCUT2D eigenvalue weighted by Crippen LogP contribution is -2.29. The maximum absolute atomic E-state index is 13.0. The van der Waals surface area contributed by atoms with Crippen LogP contribution in [0, 0.1) is 20.8 Å². The van der Waals surface area contributed by atoms with Gasteiger partial charge in [0.25, 0.3) is 0 Å². The van der Waals surface area contributed by atoms with Crippen LogP contribution in [0.1, 0.15) is 42.0 Å². The van der Waals surface area contributed by atoms with Crippen molar-refractivity contribution in [3.63, 3.8) is 0 Å². The largest absolute Gasteiger partial charge is 0.463 e. The van der Waals surface area contributed by atoms with Crippen molar-refractivity contribution >= 4 is 17.6 Å². The fourth-order valence-electron chi connectivity index (χ4n) is 3.77. The first-order chi connectivity index (χ1) is 14.8. The molecule has 0 aliphatic carbocycles. The number of hydrogen-bond acceptors (Lipinski definition) is 5. The molecule has 0 unspecified atom stereocenters. The predicted octanol–water partition coefficient (Wildman–Crippen LogP) is 5.11. The van der Waals surface area contributed by atoms with Crippen molar-refractivity contribution in [1.29, 1.82) is 0 Å². The molecule has 0 spiro atoms. The number of nitrogens with zero attached hydrogens (tertiary/aromatic N) is 1. The van der Waals surface area contributed by atoms with Crippen LogP contribution in [0.2, 0.25) is 0 Å². The molecule has 3 rings (SSSR count). The second-order valence-corrected chi connectivity index (χ2v) is 7.65. The number of esters is 2. The Morgan fingerprint density at radius 3 is 1.97 bits per heavy atom. The van der Waals surface area contributed by atoms with Crippen LogP contribution in [-0.4, -0.2) is 25.2 Å². The lowest BCUT2D eigenvalue weighted by Gasteiger charge is -2.31. The molecule has 0 fully saturated rings. The van der Waals surface area contributed by atoms with Crippen molar-refractivity contribution in [1.82, 2.24) is 0 Å². The SMILES string of the molecule is CCOC(=O)C1=CN(c2cc(C)ccc2C)C=C(C(=O)OCC)C1c1cccc(C)c1. The van der Waals surface area contributed by atoms with Gasteiger partial charge in [0.2, 0.25) is 0 Å². The van der Waals surface area contributed by atoms with Gasteiger partial charge in [-0.25, -0.2) is 9.59 Å². The highest BCUT2D eigenvalue weighted by Crippen LogP contribution is 2.39. The summed E-state index contributed by atoms with van der Waals surface area (Å²) in [5.41, 5.74) is 5.70. The third kappa shape index (κ3) is 4.88. The Morgan fingerprint density at radius 1 is 0.839 bits per heavy atom. The van der Waals surface area contributed by atoms with Crippen molar-refractivity contribution in [3.05, 3.63) is 88.3 Å². The molecular formula is C26H29NO4.